The summed E-state index contributed by atoms with van der Waals surface area (Å²) in [4.78, 5) is 16.0. The molecule has 102 valence electrons. The monoisotopic (exact) mass is 296 g/mol. The normalized spacial score (nSPS) is 11.8. The quantitative estimate of drug-likeness (QED) is 0.492. The van der Waals surface area contributed by atoms with E-state index in [-0.39, 0.29) is 16.7 Å². The van der Waals surface area contributed by atoms with Crippen molar-refractivity contribution in [1.82, 2.24) is 30.6 Å². The largest absolute Gasteiger partial charge is 0.436 e. The van der Waals surface area contributed by atoms with E-state index in [9.17, 15) is 22.4 Å². The average Bonchev–Trinajstić information content (AvgIpc) is 2.82. The molecule has 2 rings (SSSR count). The van der Waals surface area contributed by atoms with E-state index in [2.05, 4.69) is 25.6 Å². The maximum absolute atomic E-state index is 13.0. The van der Waals surface area contributed by atoms with Gasteiger partial charge in [0.15, 0.2) is 16.7 Å². The fourth-order valence-corrected chi connectivity index (χ4v) is 1.79. The van der Waals surface area contributed by atoms with Crippen LogP contribution in [0.4, 0.5) is 17.6 Å². The zero-order valence-electron chi connectivity index (χ0n) is 8.82. The van der Waals surface area contributed by atoms with Gasteiger partial charge in [0, 0.05) is 0 Å². The van der Waals surface area contributed by atoms with Gasteiger partial charge >= 0.3 is 6.18 Å². The molecule has 19 heavy (non-hydrogen) atoms. The number of hydrogen-bond donors (Lipinski definition) is 2. The van der Waals surface area contributed by atoms with Gasteiger partial charge in [0.25, 0.3) is 5.56 Å². The van der Waals surface area contributed by atoms with Crippen LogP contribution in [-0.2, 0) is 11.9 Å². The van der Waals surface area contributed by atoms with Crippen LogP contribution in [0.1, 0.15) is 11.5 Å². The summed E-state index contributed by atoms with van der Waals surface area (Å²) in [5.41, 5.74) is -3.34. The van der Waals surface area contributed by atoms with Gasteiger partial charge in [-0.25, -0.2) is 10.1 Å². The number of aromatic nitrogens is 6. The zero-order valence-corrected chi connectivity index (χ0v) is 9.64. The van der Waals surface area contributed by atoms with E-state index in [1.165, 1.54) is 0 Å². The molecule has 0 aliphatic heterocycles. The van der Waals surface area contributed by atoms with Crippen LogP contribution in [0.5, 0.6) is 0 Å². The highest BCUT2D eigenvalue weighted by Gasteiger charge is 2.38. The Balaban J connectivity index is 2.27. The molecule has 0 aliphatic carbocycles. The summed E-state index contributed by atoms with van der Waals surface area (Å²) >= 11 is 0.724. The van der Waals surface area contributed by atoms with E-state index in [1.807, 2.05) is 4.98 Å². The van der Waals surface area contributed by atoms with Gasteiger partial charge in [0.1, 0.15) is 0 Å². The summed E-state index contributed by atoms with van der Waals surface area (Å²) in [5, 5.41) is 12.0. The molecule has 0 radical (unpaired) electrons. The molecule has 0 aliphatic rings. The standard InChI is InChI=1S/C7H4F4N6OS/c8-3-4(7(9,10)11)12-6(13-5(3)18)19-1-2-14-16-17-15-2/h1H2,(H,12,13,18)(H,14,15,16,17). The fourth-order valence-electron chi connectivity index (χ4n) is 1.07. The molecule has 0 amide bonds. The van der Waals surface area contributed by atoms with E-state index < -0.39 is 23.2 Å². The first kappa shape index (κ1) is 13.5. The lowest BCUT2D eigenvalue weighted by Gasteiger charge is -2.07. The van der Waals surface area contributed by atoms with Crippen LogP contribution in [0.3, 0.4) is 0 Å². The molecule has 2 aromatic rings. The maximum atomic E-state index is 13.0. The molecule has 0 atom stereocenters. The van der Waals surface area contributed by atoms with Gasteiger partial charge in [-0.2, -0.15) is 17.6 Å². The van der Waals surface area contributed by atoms with E-state index in [1.54, 1.807) is 0 Å². The number of H-pyrrole nitrogens is 2. The molecule has 0 fully saturated rings. The van der Waals surface area contributed by atoms with E-state index in [4.69, 9.17) is 0 Å². The lowest BCUT2D eigenvalue weighted by atomic mass is 10.4. The number of tetrazole rings is 1. The van der Waals surface area contributed by atoms with Crippen LogP contribution in [0.25, 0.3) is 0 Å². The lowest BCUT2D eigenvalue weighted by Crippen LogP contribution is -2.22. The number of hydrogen-bond acceptors (Lipinski definition) is 6. The van der Waals surface area contributed by atoms with Crippen molar-refractivity contribution in [2.45, 2.75) is 17.1 Å². The molecule has 0 saturated heterocycles. The molecule has 2 aromatic heterocycles. The molecule has 7 nitrogen and oxygen atoms in total. The Bertz CT molecular complexity index is 624. The SMILES string of the molecule is O=c1[nH]c(SCc2nnn[nH]2)nc(C(F)(F)F)c1F. The van der Waals surface area contributed by atoms with Crippen LogP contribution >= 0.6 is 11.8 Å². The van der Waals surface area contributed by atoms with Gasteiger partial charge in [-0.1, -0.05) is 11.8 Å². The summed E-state index contributed by atoms with van der Waals surface area (Å²) < 4.78 is 50.3. The van der Waals surface area contributed by atoms with Crippen molar-refractivity contribution in [3.8, 4) is 0 Å². The summed E-state index contributed by atoms with van der Waals surface area (Å²) in [6, 6.07) is 0. The second-order valence-electron chi connectivity index (χ2n) is 3.17. The van der Waals surface area contributed by atoms with Gasteiger partial charge in [0.05, 0.1) is 5.75 Å². The number of halogens is 4. The third-order valence-electron chi connectivity index (χ3n) is 1.84. The molecule has 0 bridgehead atoms. The minimum absolute atomic E-state index is 0.0405. The first-order valence-electron chi connectivity index (χ1n) is 4.60. The van der Waals surface area contributed by atoms with Crippen LogP contribution in [0.15, 0.2) is 9.95 Å². The number of nitrogens with zero attached hydrogens (tertiary/aromatic N) is 4. The molecule has 2 heterocycles. The summed E-state index contributed by atoms with van der Waals surface area (Å²) in [6.07, 6.45) is -5.04. The zero-order chi connectivity index (χ0) is 14.0. The topological polar surface area (TPSA) is 100 Å². The summed E-state index contributed by atoms with van der Waals surface area (Å²) in [5.74, 6) is -1.65. The summed E-state index contributed by atoms with van der Waals surface area (Å²) in [7, 11) is 0. The van der Waals surface area contributed by atoms with Crippen LogP contribution in [0, 0.1) is 5.82 Å². The van der Waals surface area contributed by atoms with Crippen LogP contribution < -0.4 is 5.56 Å². The van der Waals surface area contributed by atoms with Crippen molar-refractivity contribution < 1.29 is 17.6 Å². The van der Waals surface area contributed by atoms with E-state index >= 15 is 0 Å². The Morgan fingerprint density at radius 3 is 2.63 bits per heavy atom. The molecular weight excluding hydrogens is 292 g/mol. The van der Waals surface area contributed by atoms with Crippen LogP contribution in [-0.4, -0.2) is 30.6 Å². The van der Waals surface area contributed by atoms with Gasteiger partial charge in [-0.15, -0.1) is 5.10 Å². The Morgan fingerprint density at radius 1 is 1.32 bits per heavy atom. The first-order chi connectivity index (χ1) is 8.88. The van der Waals surface area contributed by atoms with Crippen molar-refractivity contribution in [1.29, 1.82) is 0 Å². The highest BCUT2D eigenvalue weighted by molar-refractivity contribution is 7.98. The van der Waals surface area contributed by atoms with Crippen molar-refractivity contribution >= 4 is 11.8 Å². The predicted molar refractivity (Wildman–Crippen MR) is 53.6 cm³/mol. The second kappa shape index (κ2) is 4.95. The van der Waals surface area contributed by atoms with Crippen molar-refractivity contribution in [2.75, 3.05) is 0 Å². The van der Waals surface area contributed by atoms with Crippen molar-refractivity contribution in [3.63, 3.8) is 0 Å². The molecular formula is C7H4F4N6OS. The van der Waals surface area contributed by atoms with Gasteiger partial charge in [-0.3, -0.25) is 9.78 Å². The minimum Gasteiger partial charge on any atom is -0.299 e. The number of aromatic amines is 2. The smallest absolute Gasteiger partial charge is 0.299 e. The molecule has 0 saturated carbocycles. The highest BCUT2D eigenvalue weighted by atomic mass is 32.2. The van der Waals surface area contributed by atoms with E-state index in [0.717, 1.165) is 11.8 Å². The number of rotatable bonds is 3. The number of thioether (sulfide) groups is 1. The number of alkyl halides is 3. The molecule has 0 aromatic carbocycles. The molecule has 12 heteroatoms. The van der Waals surface area contributed by atoms with Crippen molar-refractivity contribution in [2.24, 2.45) is 0 Å². The highest BCUT2D eigenvalue weighted by Crippen LogP contribution is 2.29. The average molecular weight is 296 g/mol. The maximum Gasteiger partial charge on any atom is 0.436 e. The van der Waals surface area contributed by atoms with Crippen LogP contribution in [0.2, 0.25) is 0 Å². The van der Waals surface area contributed by atoms with E-state index in [0.29, 0.717) is 0 Å². The van der Waals surface area contributed by atoms with Crippen molar-refractivity contribution in [3.05, 3.63) is 27.7 Å². The first-order valence-corrected chi connectivity index (χ1v) is 5.59. The number of nitrogens with one attached hydrogen (secondary N) is 2. The Hall–Kier alpha value is -1.98. The molecule has 2 N–H and O–H groups in total. The van der Waals surface area contributed by atoms with Gasteiger partial charge < -0.3 is 0 Å². The predicted octanol–water partition coefficient (Wildman–Crippen LogP) is 0.733. The third-order valence-corrected chi connectivity index (χ3v) is 2.73. The second-order valence-corrected chi connectivity index (χ2v) is 4.13. The fraction of sp³-hybridized carbons (Fsp3) is 0.286. The Kier molecular flexibility index (Phi) is 3.50. The van der Waals surface area contributed by atoms with Gasteiger partial charge in [0.2, 0.25) is 5.82 Å². The van der Waals surface area contributed by atoms with Gasteiger partial charge in [-0.05, 0) is 10.4 Å². The Labute approximate surface area is 105 Å². The third kappa shape index (κ3) is 3.07. The Morgan fingerprint density at radius 2 is 2.05 bits per heavy atom. The summed E-state index contributed by atoms with van der Waals surface area (Å²) in [6.45, 7) is 0. The molecule has 0 spiro atoms. The lowest BCUT2D eigenvalue weighted by molar-refractivity contribution is -0.144. The minimum atomic E-state index is -5.04. The molecule has 0 unspecified atom stereocenters.